The van der Waals surface area contributed by atoms with Crippen LogP contribution in [0.4, 0.5) is 0 Å². The summed E-state index contributed by atoms with van der Waals surface area (Å²) in [4.78, 5) is 0. The molecular weight excluding hydrogens is 172 g/mol. The molecule has 2 N–H and O–H groups in total. The maximum atomic E-state index is 5.55. The Morgan fingerprint density at radius 3 is 2.50 bits per heavy atom. The molecule has 0 bridgehead atoms. The van der Waals surface area contributed by atoms with Gasteiger partial charge >= 0.3 is 0 Å². The van der Waals surface area contributed by atoms with E-state index in [2.05, 4.69) is 48.3 Å². The summed E-state index contributed by atoms with van der Waals surface area (Å²) in [7, 11) is 2.06. The van der Waals surface area contributed by atoms with Gasteiger partial charge < -0.3 is 5.73 Å². The Kier molecular flexibility index (Phi) is 2.46. The van der Waals surface area contributed by atoms with Crippen LogP contribution in [0.15, 0.2) is 30.5 Å². The predicted molar refractivity (Wildman–Crippen MR) is 59.2 cm³/mol. The molecule has 0 saturated carbocycles. The molecule has 0 amide bonds. The van der Waals surface area contributed by atoms with E-state index in [1.54, 1.807) is 0 Å². The first-order chi connectivity index (χ1) is 6.79. The summed E-state index contributed by atoms with van der Waals surface area (Å²) in [6, 6.07) is 8.46. The number of benzene rings is 1. The molecule has 2 heteroatoms. The summed E-state index contributed by atoms with van der Waals surface area (Å²) < 4.78 is 2.10. The highest BCUT2D eigenvalue weighted by atomic mass is 14.9. The summed E-state index contributed by atoms with van der Waals surface area (Å²) in [5.41, 5.74) is 9.40. The molecule has 1 aliphatic rings. The van der Waals surface area contributed by atoms with Crippen molar-refractivity contribution < 1.29 is 4.58 Å². The van der Waals surface area contributed by atoms with Crippen molar-refractivity contribution in [3.63, 3.8) is 0 Å². The summed E-state index contributed by atoms with van der Waals surface area (Å²) >= 11 is 0. The van der Waals surface area contributed by atoms with Gasteiger partial charge in [-0.3, -0.25) is 0 Å². The van der Waals surface area contributed by atoms with Gasteiger partial charge in [0.05, 0.1) is 6.42 Å². The van der Waals surface area contributed by atoms with Crippen LogP contribution in [0.2, 0.25) is 0 Å². The number of hydrogen-bond donors (Lipinski definition) is 1. The molecule has 2 nitrogen and oxygen atoms in total. The standard InChI is InChI=1S/C12H15N2/c1-14-7-6-12(9-14)11-4-2-10(8-13)3-5-11/h2-5,7,9H,6,8,13H2,1H3/q+1. The van der Waals surface area contributed by atoms with Gasteiger partial charge in [0.1, 0.15) is 13.3 Å². The number of allylic oxidation sites excluding steroid dienone is 1. The molecule has 0 aliphatic carbocycles. The van der Waals surface area contributed by atoms with Crippen molar-refractivity contribution in [2.45, 2.75) is 13.0 Å². The SMILES string of the molecule is C[N+]1=CCC(c2ccc(CN)cc2)=C1. The van der Waals surface area contributed by atoms with E-state index in [4.69, 9.17) is 5.73 Å². The number of rotatable bonds is 2. The lowest BCUT2D eigenvalue weighted by molar-refractivity contribution is -0.413. The fourth-order valence-electron chi connectivity index (χ4n) is 1.64. The first-order valence-electron chi connectivity index (χ1n) is 4.85. The largest absolute Gasteiger partial charge is 0.326 e. The second-order valence-corrected chi connectivity index (χ2v) is 3.61. The lowest BCUT2D eigenvalue weighted by Crippen LogP contribution is -1.95. The van der Waals surface area contributed by atoms with Gasteiger partial charge in [-0.05, 0) is 11.1 Å². The van der Waals surface area contributed by atoms with E-state index in [0.29, 0.717) is 6.54 Å². The Morgan fingerprint density at radius 2 is 2.00 bits per heavy atom. The molecule has 1 aliphatic heterocycles. The minimum atomic E-state index is 0.616. The van der Waals surface area contributed by atoms with E-state index < -0.39 is 0 Å². The van der Waals surface area contributed by atoms with Crippen LogP contribution >= 0.6 is 0 Å². The zero-order valence-electron chi connectivity index (χ0n) is 8.40. The van der Waals surface area contributed by atoms with Crippen molar-refractivity contribution in [3.05, 3.63) is 41.6 Å². The fraction of sp³-hybridized carbons (Fsp3) is 0.250. The molecule has 0 saturated heterocycles. The molecule has 0 atom stereocenters. The molecule has 1 aromatic rings. The van der Waals surface area contributed by atoms with E-state index in [0.717, 1.165) is 6.42 Å². The third-order valence-corrected chi connectivity index (χ3v) is 2.52. The lowest BCUT2D eigenvalue weighted by atomic mass is 10.0. The Labute approximate surface area is 84.4 Å². The molecule has 2 rings (SSSR count). The van der Waals surface area contributed by atoms with Gasteiger partial charge in [-0.2, -0.15) is 0 Å². The monoisotopic (exact) mass is 187 g/mol. The number of nitrogens with zero attached hydrogens (tertiary/aromatic N) is 1. The third kappa shape index (κ3) is 1.75. The van der Waals surface area contributed by atoms with Crippen molar-refractivity contribution in [1.82, 2.24) is 0 Å². The van der Waals surface area contributed by atoms with Gasteiger partial charge in [-0.15, -0.1) is 0 Å². The first kappa shape index (κ1) is 9.16. The van der Waals surface area contributed by atoms with Crippen LogP contribution in [0.1, 0.15) is 17.5 Å². The maximum Gasteiger partial charge on any atom is 0.172 e. The van der Waals surface area contributed by atoms with Crippen LogP contribution in [0.3, 0.4) is 0 Å². The molecule has 1 aromatic carbocycles. The van der Waals surface area contributed by atoms with E-state index >= 15 is 0 Å². The van der Waals surface area contributed by atoms with Crippen LogP contribution in [-0.2, 0) is 6.54 Å². The van der Waals surface area contributed by atoms with Crippen molar-refractivity contribution in [1.29, 1.82) is 0 Å². The highest BCUT2D eigenvalue weighted by Crippen LogP contribution is 2.20. The van der Waals surface area contributed by atoms with Crippen LogP contribution in [0, 0.1) is 0 Å². The van der Waals surface area contributed by atoms with Crippen LogP contribution in [0.5, 0.6) is 0 Å². The highest BCUT2D eigenvalue weighted by Gasteiger charge is 2.11. The van der Waals surface area contributed by atoms with Crippen molar-refractivity contribution in [2.75, 3.05) is 7.05 Å². The minimum absolute atomic E-state index is 0.616. The van der Waals surface area contributed by atoms with E-state index in [9.17, 15) is 0 Å². The summed E-state index contributed by atoms with van der Waals surface area (Å²) in [5.74, 6) is 0. The molecule has 0 unspecified atom stereocenters. The first-order valence-corrected chi connectivity index (χ1v) is 4.85. The Balaban J connectivity index is 2.23. The molecule has 0 aromatic heterocycles. The van der Waals surface area contributed by atoms with E-state index in [1.165, 1.54) is 16.7 Å². The van der Waals surface area contributed by atoms with Gasteiger partial charge in [0.15, 0.2) is 6.20 Å². The lowest BCUT2D eigenvalue weighted by Gasteiger charge is -2.00. The third-order valence-electron chi connectivity index (χ3n) is 2.52. The van der Waals surface area contributed by atoms with Crippen molar-refractivity contribution in [2.24, 2.45) is 5.73 Å². The zero-order valence-corrected chi connectivity index (χ0v) is 8.40. The average Bonchev–Trinajstić information content (AvgIpc) is 2.65. The smallest absolute Gasteiger partial charge is 0.172 e. The Bertz CT molecular complexity index is 385. The topological polar surface area (TPSA) is 29.0 Å². The molecule has 0 spiro atoms. The zero-order chi connectivity index (χ0) is 9.97. The van der Waals surface area contributed by atoms with Gasteiger partial charge in [-0.25, -0.2) is 4.58 Å². The molecule has 1 heterocycles. The van der Waals surface area contributed by atoms with Gasteiger partial charge in [0, 0.05) is 12.1 Å². The van der Waals surface area contributed by atoms with Gasteiger partial charge in [0.25, 0.3) is 0 Å². The predicted octanol–water partition coefficient (Wildman–Crippen LogP) is 1.60. The summed E-state index contributed by atoms with van der Waals surface area (Å²) in [6.07, 6.45) is 5.36. The van der Waals surface area contributed by atoms with Crippen molar-refractivity contribution in [3.8, 4) is 0 Å². The maximum absolute atomic E-state index is 5.55. The van der Waals surface area contributed by atoms with Crippen LogP contribution in [0.25, 0.3) is 5.57 Å². The fourth-order valence-corrected chi connectivity index (χ4v) is 1.64. The van der Waals surface area contributed by atoms with Crippen molar-refractivity contribution >= 4 is 11.8 Å². The van der Waals surface area contributed by atoms with Gasteiger partial charge in [-0.1, -0.05) is 24.3 Å². The molecule has 0 fully saturated rings. The normalized spacial score (nSPS) is 15.3. The molecule has 14 heavy (non-hydrogen) atoms. The van der Waals surface area contributed by atoms with E-state index in [-0.39, 0.29) is 0 Å². The average molecular weight is 187 g/mol. The van der Waals surface area contributed by atoms with Gasteiger partial charge in [0.2, 0.25) is 0 Å². The van der Waals surface area contributed by atoms with Crippen LogP contribution in [-0.4, -0.2) is 17.8 Å². The Morgan fingerprint density at radius 1 is 1.29 bits per heavy atom. The van der Waals surface area contributed by atoms with E-state index in [1.807, 2.05) is 0 Å². The summed E-state index contributed by atoms with van der Waals surface area (Å²) in [6.45, 7) is 0.616. The second-order valence-electron chi connectivity index (χ2n) is 3.61. The van der Waals surface area contributed by atoms with Crippen LogP contribution < -0.4 is 5.73 Å². The molecular formula is C12H15N2+. The molecule has 72 valence electrons. The second kappa shape index (κ2) is 3.76. The Hall–Kier alpha value is -1.41. The number of hydrogen-bond acceptors (Lipinski definition) is 1. The number of nitrogens with two attached hydrogens (primary N) is 1. The minimum Gasteiger partial charge on any atom is -0.326 e. The summed E-state index contributed by atoms with van der Waals surface area (Å²) in [5, 5.41) is 0. The quantitative estimate of drug-likeness (QED) is 0.700. The highest BCUT2D eigenvalue weighted by molar-refractivity contribution is 5.79. The molecule has 0 radical (unpaired) electrons.